The van der Waals surface area contributed by atoms with Gasteiger partial charge in [-0.3, -0.25) is 4.79 Å². The number of aromatic nitrogens is 1. The van der Waals surface area contributed by atoms with Crippen LogP contribution >= 0.6 is 0 Å². The van der Waals surface area contributed by atoms with Gasteiger partial charge in [0.15, 0.2) is 0 Å². The molecule has 23 heavy (non-hydrogen) atoms. The summed E-state index contributed by atoms with van der Waals surface area (Å²) < 4.78 is 4.78. The number of hydrogen-bond acceptors (Lipinski definition) is 5. The Morgan fingerprint density at radius 1 is 1.22 bits per heavy atom. The van der Waals surface area contributed by atoms with E-state index in [-0.39, 0.29) is 41.9 Å². The Morgan fingerprint density at radius 2 is 1.91 bits per heavy atom. The van der Waals surface area contributed by atoms with Gasteiger partial charge in [0.2, 0.25) is 5.91 Å². The summed E-state index contributed by atoms with van der Waals surface area (Å²) in [5, 5.41) is 17.7. The predicted octanol–water partition coefficient (Wildman–Crippen LogP) is -1.41. The molecular weight excluding hydrogens is 307 g/mol. The second-order valence-electron chi connectivity index (χ2n) is 5.61. The molecule has 114 valence electrons. The molecule has 1 aromatic heterocycles. The molecule has 1 amide bonds. The van der Waals surface area contributed by atoms with Crippen molar-refractivity contribution in [2.45, 2.75) is 25.7 Å². The number of carboxylic acids is 1. The van der Waals surface area contributed by atoms with E-state index < -0.39 is 11.4 Å². The van der Waals surface area contributed by atoms with E-state index in [1.54, 1.807) is 18.2 Å². The first-order valence-corrected chi connectivity index (χ1v) is 7.11. The van der Waals surface area contributed by atoms with Crippen LogP contribution in [0, 0.1) is 5.41 Å². The van der Waals surface area contributed by atoms with E-state index in [0.29, 0.717) is 24.2 Å². The Balaban J connectivity index is 0.00000192. The van der Waals surface area contributed by atoms with Gasteiger partial charge in [0.25, 0.3) is 0 Å². The van der Waals surface area contributed by atoms with Crippen molar-refractivity contribution < 1.29 is 48.8 Å². The van der Waals surface area contributed by atoms with Gasteiger partial charge in [-0.1, -0.05) is 23.7 Å². The van der Waals surface area contributed by atoms with E-state index in [1.807, 2.05) is 12.1 Å². The number of amides is 1. The minimum Gasteiger partial charge on any atom is -0.550 e. The summed E-state index contributed by atoms with van der Waals surface area (Å²) in [6, 6.07) is 8.85. The van der Waals surface area contributed by atoms with Crippen LogP contribution in [0.5, 0.6) is 0 Å². The van der Waals surface area contributed by atoms with E-state index in [9.17, 15) is 14.7 Å². The number of benzene rings is 1. The van der Waals surface area contributed by atoms with Gasteiger partial charge in [0.1, 0.15) is 12.0 Å². The topological polar surface area (TPSA) is 95.3 Å². The average molecular weight is 322 g/mol. The van der Waals surface area contributed by atoms with Crippen LogP contribution in [-0.2, 0) is 9.59 Å². The quantitative estimate of drug-likeness (QED) is 0.683. The van der Waals surface area contributed by atoms with E-state index in [4.69, 9.17) is 4.52 Å². The minimum absolute atomic E-state index is 0. The summed E-state index contributed by atoms with van der Waals surface area (Å²) >= 11 is 0. The summed E-state index contributed by atoms with van der Waals surface area (Å²) in [5.41, 5.74) is 1.22. The molecule has 1 heterocycles. The third-order valence-electron chi connectivity index (χ3n) is 4.14. The van der Waals surface area contributed by atoms with Crippen LogP contribution in [0.2, 0.25) is 0 Å². The van der Waals surface area contributed by atoms with Gasteiger partial charge in [-0.2, -0.15) is 0 Å². The smallest absolute Gasteiger partial charge is 0.550 e. The Hall–Kier alpha value is -1.63. The standard InChI is InChI=1S/C16H16N2O4.Na/c19-14(10-16(15(20)21)7-1-8-16)17-12-4-2-11(3-5-12)13-6-9-22-18-13;/h2-6,9H,1,7-8,10H2,(H,17,19)(H,20,21);/q;+1/p-1. The van der Waals surface area contributed by atoms with Crippen molar-refractivity contribution in [1.29, 1.82) is 0 Å². The maximum atomic E-state index is 12.0. The number of hydrogen-bond donors (Lipinski definition) is 1. The first-order valence-electron chi connectivity index (χ1n) is 7.11. The Bertz CT molecular complexity index is 679. The van der Waals surface area contributed by atoms with Crippen molar-refractivity contribution in [3.8, 4) is 11.3 Å². The van der Waals surface area contributed by atoms with Gasteiger partial charge >= 0.3 is 29.6 Å². The number of nitrogens with zero attached hydrogens (tertiary/aromatic N) is 1. The van der Waals surface area contributed by atoms with Crippen LogP contribution in [0.3, 0.4) is 0 Å². The average Bonchev–Trinajstić information content (AvgIpc) is 2.97. The van der Waals surface area contributed by atoms with Crippen LogP contribution in [-0.4, -0.2) is 17.0 Å². The van der Waals surface area contributed by atoms with Crippen molar-refractivity contribution >= 4 is 17.6 Å². The van der Waals surface area contributed by atoms with Crippen molar-refractivity contribution in [3.05, 3.63) is 36.6 Å². The van der Waals surface area contributed by atoms with Crippen LogP contribution < -0.4 is 40.0 Å². The Kier molecular flexibility index (Phi) is 5.62. The monoisotopic (exact) mass is 322 g/mol. The molecule has 2 aromatic rings. The molecule has 3 rings (SSSR count). The number of aliphatic carboxylic acids is 1. The predicted molar refractivity (Wildman–Crippen MR) is 76.5 cm³/mol. The van der Waals surface area contributed by atoms with Crippen LogP contribution in [0.25, 0.3) is 11.3 Å². The van der Waals surface area contributed by atoms with E-state index in [1.165, 1.54) is 6.26 Å². The maximum Gasteiger partial charge on any atom is 1.00 e. The van der Waals surface area contributed by atoms with Crippen molar-refractivity contribution in [1.82, 2.24) is 5.16 Å². The Morgan fingerprint density at radius 3 is 2.39 bits per heavy atom. The molecule has 0 saturated heterocycles. The third-order valence-corrected chi connectivity index (χ3v) is 4.14. The molecule has 1 fully saturated rings. The van der Waals surface area contributed by atoms with Gasteiger partial charge in [-0.15, -0.1) is 0 Å². The molecule has 1 aromatic carbocycles. The van der Waals surface area contributed by atoms with Gasteiger partial charge in [-0.05, 0) is 25.0 Å². The normalized spacial score (nSPS) is 15.1. The summed E-state index contributed by atoms with van der Waals surface area (Å²) in [7, 11) is 0. The van der Waals surface area contributed by atoms with Crippen molar-refractivity contribution in [3.63, 3.8) is 0 Å². The zero-order valence-electron chi connectivity index (χ0n) is 12.9. The maximum absolute atomic E-state index is 12.0. The first-order chi connectivity index (χ1) is 10.6. The zero-order valence-corrected chi connectivity index (χ0v) is 14.9. The molecule has 1 aliphatic carbocycles. The molecule has 0 spiro atoms. The van der Waals surface area contributed by atoms with Gasteiger partial charge in [0, 0.05) is 35.1 Å². The van der Waals surface area contributed by atoms with Crippen LogP contribution in [0.1, 0.15) is 25.7 Å². The van der Waals surface area contributed by atoms with E-state index in [0.717, 1.165) is 12.0 Å². The fraction of sp³-hybridized carbons (Fsp3) is 0.312. The summed E-state index contributed by atoms with van der Waals surface area (Å²) in [6.07, 6.45) is 3.29. The number of carboxylic acid groups (broad SMARTS) is 1. The van der Waals surface area contributed by atoms with Crippen molar-refractivity contribution in [2.75, 3.05) is 5.32 Å². The molecule has 7 heteroatoms. The van der Waals surface area contributed by atoms with E-state index >= 15 is 0 Å². The fourth-order valence-corrected chi connectivity index (χ4v) is 2.65. The van der Waals surface area contributed by atoms with Crippen LogP contribution in [0.4, 0.5) is 5.69 Å². The molecule has 0 bridgehead atoms. The number of anilines is 1. The number of carbonyl (C=O) groups excluding carboxylic acids is 2. The van der Waals surface area contributed by atoms with Gasteiger partial charge in [0.05, 0.1) is 0 Å². The summed E-state index contributed by atoms with van der Waals surface area (Å²) in [4.78, 5) is 23.2. The summed E-state index contributed by atoms with van der Waals surface area (Å²) in [6.45, 7) is 0. The second-order valence-corrected chi connectivity index (χ2v) is 5.61. The summed E-state index contributed by atoms with van der Waals surface area (Å²) in [5.74, 6) is -1.44. The minimum atomic E-state index is -1.13. The molecule has 0 unspecified atom stereocenters. The fourth-order valence-electron chi connectivity index (χ4n) is 2.65. The van der Waals surface area contributed by atoms with Crippen molar-refractivity contribution in [2.24, 2.45) is 5.41 Å². The number of rotatable bonds is 5. The zero-order chi connectivity index (χ0) is 15.6. The number of carbonyl (C=O) groups is 2. The van der Waals surface area contributed by atoms with Gasteiger partial charge < -0.3 is 19.7 Å². The molecule has 0 atom stereocenters. The second kappa shape index (κ2) is 7.29. The molecule has 6 nitrogen and oxygen atoms in total. The SMILES string of the molecule is O=C(CC1(C(=O)[O-])CCC1)Nc1ccc(-c2ccon2)cc1.[Na+]. The van der Waals surface area contributed by atoms with Gasteiger partial charge in [-0.25, -0.2) is 0 Å². The molecule has 0 aliphatic heterocycles. The largest absolute Gasteiger partial charge is 1.00 e. The molecule has 1 saturated carbocycles. The third kappa shape index (κ3) is 3.83. The Labute approximate surface area is 155 Å². The van der Waals surface area contributed by atoms with Crippen LogP contribution in [0.15, 0.2) is 41.1 Å². The first kappa shape index (κ1) is 17.7. The molecule has 0 radical (unpaired) electrons. The molecule has 1 N–H and O–H groups in total. The van der Waals surface area contributed by atoms with E-state index in [2.05, 4.69) is 10.5 Å². The number of nitrogens with one attached hydrogen (secondary N) is 1. The molecule has 1 aliphatic rings. The molecular formula is C16H15N2NaO4.